The lowest BCUT2D eigenvalue weighted by molar-refractivity contribution is -0.148. The van der Waals surface area contributed by atoms with Gasteiger partial charge in [-0.05, 0) is 23.8 Å². The molecule has 0 radical (unpaired) electrons. The Kier molecular flexibility index (Phi) is 6.33. The predicted molar refractivity (Wildman–Crippen MR) is 90.3 cm³/mol. The first-order valence-electron chi connectivity index (χ1n) is 6.74. The Morgan fingerprint density at radius 3 is 2.67 bits per heavy atom. The van der Waals surface area contributed by atoms with Crippen molar-refractivity contribution in [3.63, 3.8) is 0 Å². The summed E-state index contributed by atoms with van der Waals surface area (Å²) in [6.07, 6.45) is 0. The van der Waals surface area contributed by atoms with Crippen LogP contribution in [-0.2, 0) is 16.1 Å². The fraction of sp³-hybridized carbons (Fsp3) is 0.235. The molecule has 0 aliphatic heterocycles. The van der Waals surface area contributed by atoms with Crippen LogP contribution in [0.2, 0.25) is 0 Å². The second kappa shape index (κ2) is 8.25. The van der Waals surface area contributed by atoms with Crippen molar-refractivity contribution in [1.29, 1.82) is 0 Å². The van der Waals surface area contributed by atoms with Crippen LogP contribution in [0, 0.1) is 5.92 Å². The number of benzene rings is 2. The molecule has 4 heteroatoms. The number of carbonyl (C=O) groups excluding carboxylic acids is 1. The third-order valence-electron chi connectivity index (χ3n) is 2.92. The van der Waals surface area contributed by atoms with Gasteiger partial charge in [0.05, 0.1) is 5.92 Å². The van der Waals surface area contributed by atoms with E-state index in [0.29, 0.717) is 12.4 Å². The van der Waals surface area contributed by atoms with Gasteiger partial charge in [0.25, 0.3) is 0 Å². The monoisotopic (exact) mass is 364 g/mol. The Morgan fingerprint density at radius 2 is 1.95 bits per heavy atom. The van der Waals surface area contributed by atoms with Gasteiger partial charge in [0, 0.05) is 15.1 Å². The third kappa shape index (κ3) is 5.56. The minimum Gasteiger partial charge on any atom is -0.461 e. The molecule has 0 fully saturated rings. The zero-order valence-electron chi connectivity index (χ0n) is 11.8. The Balaban J connectivity index is 1.77. The van der Waals surface area contributed by atoms with E-state index in [4.69, 9.17) is 4.74 Å². The minimum absolute atomic E-state index is 0.127. The lowest BCUT2D eigenvalue weighted by atomic mass is 10.2. The lowest BCUT2D eigenvalue weighted by Gasteiger charge is -2.11. The number of halogens is 1. The summed E-state index contributed by atoms with van der Waals surface area (Å²) in [4.78, 5) is 13.1. The second-order valence-corrected chi connectivity index (χ2v) is 6.77. The normalized spacial score (nSPS) is 11.9. The van der Waals surface area contributed by atoms with Gasteiger partial charge in [-0.15, -0.1) is 11.8 Å². The van der Waals surface area contributed by atoms with E-state index < -0.39 is 0 Å². The summed E-state index contributed by atoms with van der Waals surface area (Å²) in [5, 5.41) is 0. The highest BCUT2D eigenvalue weighted by atomic mass is 79.9. The van der Waals surface area contributed by atoms with Crippen LogP contribution in [0.1, 0.15) is 12.5 Å². The highest BCUT2D eigenvalue weighted by Crippen LogP contribution is 2.24. The van der Waals surface area contributed by atoms with Crippen LogP contribution in [-0.4, -0.2) is 11.7 Å². The van der Waals surface area contributed by atoms with Crippen LogP contribution >= 0.6 is 27.7 Å². The second-order valence-electron chi connectivity index (χ2n) is 4.76. The maximum Gasteiger partial charge on any atom is 0.309 e. The predicted octanol–water partition coefficient (Wildman–Crippen LogP) is 4.92. The summed E-state index contributed by atoms with van der Waals surface area (Å²) < 4.78 is 6.39. The smallest absolute Gasteiger partial charge is 0.309 e. The fourth-order valence-corrected chi connectivity index (χ4v) is 3.23. The van der Waals surface area contributed by atoms with E-state index >= 15 is 0 Å². The average Bonchev–Trinajstić information content (AvgIpc) is 2.51. The molecular formula is C17H17BrO2S. The summed E-state index contributed by atoms with van der Waals surface area (Å²) in [6.45, 7) is 2.24. The number of rotatable bonds is 6. The van der Waals surface area contributed by atoms with Crippen molar-refractivity contribution in [2.45, 2.75) is 18.4 Å². The van der Waals surface area contributed by atoms with E-state index in [-0.39, 0.29) is 11.9 Å². The van der Waals surface area contributed by atoms with E-state index in [1.54, 1.807) is 11.8 Å². The molecule has 0 amide bonds. The van der Waals surface area contributed by atoms with Crippen LogP contribution in [0.4, 0.5) is 0 Å². The van der Waals surface area contributed by atoms with Gasteiger partial charge in [0.1, 0.15) is 6.61 Å². The van der Waals surface area contributed by atoms with E-state index in [1.165, 1.54) is 0 Å². The number of carbonyl (C=O) groups is 1. The number of ether oxygens (including phenoxy) is 1. The maximum absolute atomic E-state index is 12.0. The van der Waals surface area contributed by atoms with E-state index in [0.717, 1.165) is 14.9 Å². The molecule has 0 heterocycles. The van der Waals surface area contributed by atoms with Gasteiger partial charge in [-0.1, -0.05) is 59.3 Å². The number of hydrogen-bond donors (Lipinski definition) is 0. The molecule has 0 bridgehead atoms. The van der Waals surface area contributed by atoms with Crippen molar-refractivity contribution in [3.8, 4) is 0 Å². The lowest BCUT2D eigenvalue weighted by Crippen LogP contribution is -2.16. The van der Waals surface area contributed by atoms with Crippen molar-refractivity contribution < 1.29 is 9.53 Å². The van der Waals surface area contributed by atoms with Crippen LogP contribution in [0.25, 0.3) is 0 Å². The van der Waals surface area contributed by atoms with Gasteiger partial charge in [0.15, 0.2) is 0 Å². The molecule has 0 aliphatic carbocycles. The van der Waals surface area contributed by atoms with Gasteiger partial charge < -0.3 is 4.74 Å². The molecule has 0 spiro atoms. The molecule has 0 saturated carbocycles. The Labute approximate surface area is 138 Å². The molecule has 2 aromatic carbocycles. The van der Waals surface area contributed by atoms with Gasteiger partial charge in [-0.25, -0.2) is 0 Å². The maximum atomic E-state index is 12.0. The summed E-state index contributed by atoms with van der Waals surface area (Å²) in [6, 6.07) is 17.8. The van der Waals surface area contributed by atoms with E-state index in [1.807, 2.05) is 61.5 Å². The molecule has 1 atom stereocenters. The van der Waals surface area contributed by atoms with Crippen LogP contribution in [0.15, 0.2) is 64.0 Å². The largest absolute Gasteiger partial charge is 0.461 e. The Hall–Kier alpha value is -1.26. The van der Waals surface area contributed by atoms with Crippen molar-refractivity contribution in [1.82, 2.24) is 0 Å². The van der Waals surface area contributed by atoms with Crippen molar-refractivity contribution in [2.75, 3.05) is 5.75 Å². The molecule has 21 heavy (non-hydrogen) atoms. The van der Waals surface area contributed by atoms with Crippen LogP contribution < -0.4 is 0 Å². The van der Waals surface area contributed by atoms with E-state index in [2.05, 4.69) is 15.9 Å². The topological polar surface area (TPSA) is 26.3 Å². The highest BCUT2D eigenvalue weighted by Gasteiger charge is 2.15. The summed E-state index contributed by atoms with van der Waals surface area (Å²) in [5.74, 6) is 0.434. The van der Waals surface area contributed by atoms with Gasteiger partial charge in [0.2, 0.25) is 0 Å². The molecular weight excluding hydrogens is 348 g/mol. The van der Waals surface area contributed by atoms with Gasteiger partial charge >= 0.3 is 5.97 Å². The molecule has 2 rings (SSSR count). The zero-order valence-corrected chi connectivity index (χ0v) is 14.2. The SMILES string of the molecule is CC(CSc1cccc(Br)c1)C(=O)OCc1ccccc1. The highest BCUT2D eigenvalue weighted by molar-refractivity contribution is 9.10. The first-order chi connectivity index (χ1) is 10.1. The third-order valence-corrected chi connectivity index (χ3v) is 4.67. The molecule has 2 aromatic rings. The number of thioether (sulfide) groups is 1. The number of hydrogen-bond acceptors (Lipinski definition) is 3. The first-order valence-corrected chi connectivity index (χ1v) is 8.52. The van der Waals surface area contributed by atoms with Crippen LogP contribution in [0.3, 0.4) is 0 Å². The van der Waals surface area contributed by atoms with Crippen LogP contribution in [0.5, 0.6) is 0 Å². The first kappa shape index (κ1) is 16.1. The van der Waals surface area contributed by atoms with Crippen molar-refractivity contribution in [2.24, 2.45) is 5.92 Å². The molecule has 0 saturated heterocycles. The molecule has 110 valence electrons. The molecule has 1 unspecified atom stereocenters. The molecule has 0 aromatic heterocycles. The summed E-state index contributed by atoms with van der Waals surface area (Å²) in [5.41, 5.74) is 1.01. The summed E-state index contributed by atoms with van der Waals surface area (Å²) in [7, 11) is 0. The average molecular weight is 365 g/mol. The molecule has 2 nitrogen and oxygen atoms in total. The van der Waals surface area contributed by atoms with Crippen molar-refractivity contribution >= 4 is 33.7 Å². The summed E-state index contributed by atoms with van der Waals surface area (Å²) >= 11 is 5.11. The van der Waals surface area contributed by atoms with Gasteiger partial charge in [-0.2, -0.15) is 0 Å². The molecule has 0 aliphatic rings. The standard InChI is InChI=1S/C17H17BrO2S/c1-13(12-21-16-9-5-8-15(18)10-16)17(19)20-11-14-6-3-2-4-7-14/h2-10,13H,11-12H2,1H3. The Bertz CT molecular complexity index is 586. The minimum atomic E-state index is -0.152. The van der Waals surface area contributed by atoms with Gasteiger partial charge in [-0.3, -0.25) is 4.79 Å². The zero-order chi connectivity index (χ0) is 15.1. The van der Waals surface area contributed by atoms with E-state index in [9.17, 15) is 4.79 Å². The Morgan fingerprint density at radius 1 is 1.19 bits per heavy atom. The number of esters is 1. The fourth-order valence-electron chi connectivity index (χ4n) is 1.72. The molecule has 0 N–H and O–H groups in total. The van der Waals surface area contributed by atoms with Crippen molar-refractivity contribution in [3.05, 3.63) is 64.6 Å². The quantitative estimate of drug-likeness (QED) is 0.537.